The molecule has 0 radical (unpaired) electrons. The van der Waals surface area contributed by atoms with E-state index in [4.69, 9.17) is 4.74 Å². The molecule has 1 rings (SSSR count). The molecule has 1 aliphatic heterocycles. The summed E-state index contributed by atoms with van der Waals surface area (Å²) in [6.07, 6.45) is 18.5. The number of ether oxygens (including phenoxy) is 1. The van der Waals surface area contributed by atoms with Gasteiger partial charge in [-0.25, -0.2) is 0 Å². The predicted octanol–water partition coefficient (Wildman–Crippen LogP) is 5.99. The molecule has 0 aromatic carbocycles. The highest BCUT2D eigenvalue weighted by atomic mass is 16.5. The molecule has 106 valence electrons. The fourth-order valence-corrected chi connectivity index (χ4v) is 2.64. The van der Waals surface area contributed by atoms with Crippen LogP contribution in [-0.2, 0) is 4.74 Å². The van der Waals surface area contributed by atoms with Gasteiger partial charge in [-0.15, -0.1) is 0 Å². The second kappa shape index (κ2) is 10.5. The van der Waals surface area contributed by atoms with Crippen molar-refractivity contribution < 1.29 is 4.74 Å². The Morgan fingerprint density at radius 3 is 2.33 bits per heavy atom. The van der Waals surface area contributed by atoms with Gasteiger partial charge in [0.15, 0.2) is 0 Å². The second-order valence-electron chi connectivity index (χ2n) is 5.73. The van der Waals surface area contributed by atoms with E-state index in [1.54, 1.807) is 5.57 Å². The third-order valence-corrected chi connectivity index (χ3v) is 3.95. The fourth-order valence-electron chi connectivity index (χ4n) is 2.64. The molecule has 0 amide bonds. The van der Waals surface area contributed by atoms with E-state index in [0.29, 0.717) is 6.10 Å². The van der Waals surface area contributed by atoms with Crippen molar-refractivity contribution in [3.63, 3.8) is 0 Å². The lowest BCUT2D eigenvalue weighted by Crippen LogP contribution is -2.14. The summed E-state index contributed by atoms with van der Waals surface area (Å²) >= 11 is 0. The molecule has 0 aromatic heterocycles. The molecule has 1 unspecified atom stereocenters. The maximum atomic E-state index is 5.87. The van der Waals surface area contributed by atoms with Gasteiger partial charge >= 0.3 is 0 Å². The molecule has 0 N–H and O–H groups in total. The van der Waals surface area contributed by atoms with Crippen molar-refractivity contribution in [3.05, 3.63) is 11.8 Å². The minimum absolute atomic E-state index is 0.515. The van der Waals surface area contributed by atoms with Crippen LogP contribution in [0.15, 0.2) is 11.8 Å². The number of unbranched alkanes of at least 4 members (excludes halogenated alkanes) is 6. The summed E-state index contributed by atoms with van der Waals surface area (Å²) in [5, 5.41) is 0. The Kier molecular flexibility index (Phi) is 9.06. The normalized spacial score (nSPS) is 19.4. The monoisotopic (exact) mass is 252 g/mol. The van der Waals surface area contributed by atoms with Crippen LogP contribution >= 0.6 is 0 Å². The minimum Gasteiger partial charge on any atom is -0.498 e. The van der Waals surface area contributed by atoms with Crippen LogP contribution in [0, 0.1) is 0 Å². The Morgan fingerprint density at radius 2 is 1.72 bits per heavy atom. The van der Waals surface area contributed by atoms with Gasteiger partial charge in [0.1, 0.15) is 0 Å². The molecule has 1 atom stereocenters. The maximum absolute atomic E-state index is 5.87. The van der Waals surface area contributed by atoms with E-state index in [2.05, 4.69) is 20.1 Å². The molecule has 0 bridgehead atoms. The molecular weight excluding hydrogens is 220 g/mol. The highest BCUT2D eigenvalue weighted by Crippen LogP contribution is 2.25. The minimum atomic E-state index is 0.515. The van der Waals surface area contributed by atoms with Crippen LogP contribution in [0.25, 0.3) is 0 Å². The molecule has 1 heterocycles. The number of rotatable bonds is 10. The SMILES string of the molecule is CCCCCCC1=COC(CCCCCC)CC1. The number of hydrogen-bond donors (Lipinski definition) is 0. The lowest BCUT2D eigenvalue weighted by Gasteiger charge is -2.23. The van der Waals surface area contributed by atoms with Crippen molar-refractivity contribution in [2.24, 2.45) is 0 Å². The Bertz CT molecular complexity index is 220. The summed E-state index contributed by atoms with van der Waals surface area (Å²) in [5.74, 6) is 0. The lowest BCUT2D eigenvalue weighted by atomic mass is 9.97. The van der Waals surface area contributed by atoms with Crippen LogP contribution < -0.4 is 0 Å². The zero-order valence-electron chi connectivity index (χ0n) is 12.5. The number of allylic oxidation sites excluding steroid dienone is 1. The van der Waals surface area contributed by atoms with Crippen molar-refractivity contribution in [3.8, 4) is 0 Å². The van der Waals surface area contributed by atoms with Crippen LogP contribution in [-0.4, -0.2) is 6.10 Å². The van der Waals surface area contributed by atoms with Crippen molar-refractivity contribution in [1.82, 2.24) is 0 Å². The van der Waals surface area contributed by atoms with Crippen LogP contribution in [0.3, 0.4) is 0 Å². The summed E-state index contributed by atoms with van der Waals surface area (Å²) in [6.45, 7) is 4.54. The van der Waals surface area contributed by atoms with Crippen LogP contribution in [0.2, 0.25) is 0 Å². The third-order valence-electron chi connectivity index (χ3n) is 3.95. The zero-order chi connectivity index (χ0) is 13.1. The molecule has 0 saturated carbocycles. The van der Waals surface area contributed by atoms with Crippen molar-refractivity contribution >= 4 is 0 Å². The summed E-state index contributed by atoms with van der Waals surface area (Å²) < 4.78 is 5.87. The first-order chi connectivity index (χ1) is 8.86. The van der Waals surface area contributed by atoms with Crippen LogP contribution in [0.5, 0.6) is 0 Å². The van der Waals surface area contributed by atoms with Gasteiger partial charge in [-0.1, -0.05) is 52.4 Å². The molecule has 0 aliphatic carbocycles. The molecule has 1 nitrogen and oxygen atoms in total. The first kappa shape index (κ1) is 15.6. The molecule has 18 heavy (non-hydrogen) atoms. The van der Waals surface area contributed by atoms with Crippen molar-refractivity contribution in [1.29, 1.82) is 0 Å². The maximum Gasteiger partial charge on any atom is 0.0981 e. The van der Waals surface area contributed by atoms with Gasteiger partial charge in [0, 0.05) is 0 Å². The van der Waals surface area contributed by atoms with Gasteiger partial charge in [0.2, 0.25) is 0 Å². The highest BCUT2D eigenvalue weighted by molar-refractivity contribution is 5.01. The summed E-state index contributed by atoms with van der Waals surface area (Å²) in [4.78, 5) is 0. The van der Waals surface area contributed by atoms with Crippen molar-refractivity contribution in [2.45, 2.75) is 97.0 Å². The van der Waals surface area contributed by atoms with Crippen molar-refractivity contribution in [2.75, 3.05) is 0 Å². The average Bonchev–Trinajstić information content (AvgIpc) is 2.41. The van der Waals surface area contributed by atoms with Gasteiger partial charge in [-0.3, -0.25) is 0 Å². The first-order valence-corrected chi connectivity index (χ1v) is 8.20. The summed E-state index contributed by atoms with van der Waals surface area (Å²) in [5.41, 5.74) is 1.55. The average molecular weight is 252 g/mol. The topological polar surface area (TPSA) is 9.23 Å². The standard InChI is InChI=1S/C17H32O/c1-3-5-7-9-11-16-13-14-17(18-15-16)12-10-8-6-4-2/h15,17H,3-14H2,1-2H3. The van der Waals surface area contributed by atoms with Gasteiger partial charge < -0.3 is 4.74 Å². The quantitative estimate of drug-likeness (QED) is 0.434. The summed E-state index contributed by atoms with van der Waals surface area (Å²) in [7, 11) is 0. The van der Waals surface area contributed by atoms with Crippen LogP contribution in [0.1, 0.15) is 90.9 Å². The molecular formula is C17H32O. The molecule has 1 heteroatoms. The second-order valence-corrected chi connectivity index (χ2v) is 5.73. The molecule has 0 fully saturated rings. The van der Waals surface area contributed by atoms with Crippen LogP contribution in [0.4, 0.5) is 0 Å². The molecule has 1 aliphatic rings. The zero-order valence-corrected chi connectivity index (χ0v) is 12.5. The largest absolute Gasteiger partial charge is 0.498 e. The number of hydrogen-bond acceptors (Lipinski definition) is 1. The smallest absolute Gasteiger partial charge is 0.0981 e. The Morgan fingerprint density at radius 1 is 1.00 bits per heavy atom. The van der Waals surface area contributed by atoms with Gasteiger partial charge in [0.25, 0.3) is 0 Å². The Labute approximate surface area is 114 Å². The fraction of sp³-hybridized carbons (Fsp3) is 0.882. The van der Waals surface area contributed by atoms with E-state index >= 15 is 0 Å². The van der Waals surface area contributed by atoms with Gasteiger partial charge in [0.05, 0.1) is 12.4 Å². The molecule has 0 saturated heterocycles. The van der Waals surface area contributed by atoms with E-state index in [1.165, 1.54) is 77.0 Å². The van der Waals surface area contributed by atoms with Gasteiger partial charge in [-0.05, 0) is 44.1 Å². The lowest BCUT2D eigenvalue weighted by molar-refractivity contribution is 0.107. The highest BCUT2D eigenvalue weighted by Gasteiger charge is 2.14. The van der Waals surface area contributed by atoms with Gasteiger partial charge in [-0.2, -0.15) is 0 Å². The third kappa shape index (κ3) is 7.08. The van der Waals surface area contributed by atoms with E-state index in [9.17, 15) is 0 Å². The Balaban J connectivity index is 2.04. The Hall–Kier alpha value is -0.460. The summed E-state index contributed by atoms with van der Waals surface area (Å²) in [6, 6.07) is 0. The molecule has 0 aromatic rings. The predicted molar refractivity (Wildman–Crippen MR) is 79.7 cm³/mol. The molecule has 0 spiro atoms. The first-order valence-electron chi connectivity index (χ1n) is 8.20. The van der Waals surface area contributed by atoms with E-state index in [-0.39, 0.29) is 0 Å². The van der Waals surface area contributed by atoms with E-state index in [0.717, 1.165) is 0 Å². The van der Waals surface area contributed by atoms with E-state index in [1.807, 2.05) is 0 Å². The van der Waals surface area contributed by atoms with E-state index < -0.39 is 0 Å².